The van der Waals surface area contributed by atoms with Gasteiger partial charge < -0.3 is 10.2 Å². The molecule has 1 rings (SSSR count). The smallest absolute Gasteiger partial charge is 0.346 e. The highest BCUT2D eigenvalue weighted by atomic mass is 35.5. The number of hydrogen-bond acceptors (Lipinski definition) is 3. The lowest BCUT2D eigenvalue weighted by molar-refractivity contribution is -0.132. The Hall–Kier alpha value is -1.73. The first-order valence-electron chi connectivity index (χ1n) is 4.67. The van der Waals surface area contributed by atoms with Gasteiger partial charge in [0.1, 0.15) is 11.6 Å². The minimum atomic E-state index is -1.28. The van der Waals surface area contributed by atoms with Crippen LogP contribution in [0.2, 0.25) is 0 Å². The normalized spacial score (nSPS) is 19.8. The van der Waals surface area contributed by atoms with Crippen molar-refractivity contribution < 1.29 is 15.0 Å². The summed E-state index contributed by atoms with van der Waals surface area (Å²) in [4.78, 5) is 10.6. The van der Waals surface area contributed by atoms with Crippen molar-refractivity contribution in [2.45, 2.75) is 19.3 Å². The molecule has 1 aliphatic rings. The molecule has 1 aliphatic carbocycles. The molecule has 0 fully saturated rings. The van der Waals surface area contributed by atoms with Gasteiger partial charge in [-0.1, -0.05) is 11.6 Å². The van der Waals surface area contributed by atoms with Crippen LogP contribution in [0.1, 0.15) is 19.3 Å². The van der Waals surface area contributed by atoms with Crippen molar-refractivity contribution in [3.8, 4) is 6.07 Å². The Morgan fingerprint density at radius 1 is 1.50 bits per heavy atom. The van der Waals surface area contributed by atoms with Crippen LogP contribution in [-0.4, -0.2) is 16.2 Å². The van der Waals surface area contributed by atoms with Gasteiger partial charge >= 0.3 is 5.97 Å². The van der Waals surface area contributed by atoms with Crippen LogP contribution < -0.4 is 0 Å². The molecule has 16 heavy (non-hydrogen) atoms. The monoisotopic (exact) mass is 239 g/mol. The van der Waals surface area contributed by atoms with Gasteiger partial charge in [0.25, 0.3) is 0 Å². The molecular formula is C11H10ClNO3. The maximum absolute atomic E-state index is 10.6. The Bertz CT molecular complexity index is 441. The summed E-state index contributed by atoms with van der Waals surface area (Å²) in [6.45, 7) is 0. The molecule has 5 heteroatoms. The molecule has 2 N–H and O–H groups in total. The van der Waals surface area contributed by atoms with Crippen LogP contribution in [0.4, 0.5) is 0 Å². The second-order valence-electron chi connectivity index (χ2n) is 3.32. The van der Waals surface area contributed by atoms with Gasteiger partial charge in [-0.05, 0) is 30.9 Å². The number of halogens is 1. The number of rotatable bonds is 2. The van der Waals surface area contributed by atoms with E-state index < -0.39 is 5.97 Å². The Labute approximate surface area is 97.8 Å². The van der Waals surface area contributed by atoms with Crippen molar-refractivity contribution in [3.05, 3.63) is 34.1 Å². The van der Waals surface area contributed by atoms with E-state index in [1.54, 1.807) is 6.07 Å². The van der Waals surface area contributed by atoms with Crippen molar-refractivity contribution >= 4 is 17.6 Å². The first kappa shape index (κ1) is 12.3. The standard InChI is InChI=1S/C11H10ClNO3/c12-10-7(2-1-3-8(10)6-14)4-9(5-13)11(15)16/h4,6,14H,1-3H2,(H,15,16). The number of nitriles is 1. The van der Waals surface area contributed by atoms with Gasteiger partial charge in [0.2, 0.25) is 0 Å². The third kappa shape index (κ3) is 2.65. The van der Waals surface area contributed by atoms with E-state index in [2.05, 4.69) is 0 Å². The van der Waals surface area contributed by atoms with Crippen molar-refractivity contribution in [2.75, 3.05) is 0 Å². The zero-order valence-electron chi connectivity index (χ0n) is 8.40. The van der Waals surface area contributed by atoms with E-state index in [1.165, 1.54) is 6.08 Å². The molecule has 0 unspecified atom stereocenters. The number of carboxylic acids is 1. The second kappa shape index (κ2) is 5.38. The maximum Gasteiger partial charge on any atom is 0.346 e. The lowest BCUT2D eigenvalue weighted by Crippen LogP contribution is -2.02. The summed E-state index contributed by atoms with van der Waals surface area (Å²) < 4.78 is 0. The lowest BCUT2D eigenvalue weighted by Gasteiger charge is -2.15. The van der Waals surface area contributed by atoms with Gasteiger partial charge in [0.05, 0.1) is 11.3 Å². The minimum Gasteiger partial charge on any atom is -0.515 e. The lowest BCUT2D eigenvalue weighted by atomic mass is 9.94. The molecule has 0 saturated carbocycles. The summed E-state index contributed by atoms with van der Waals surface area (Å²) in [6.07, 6.45) is 4.21. The molecule has 0 spiro atoms. The van der Waals surface area contributed by atoms with Crippen molar-refractivity contribution in [1.29, 1.82) is 5.26 Å². The van der Waals surface area contributed by atoms with E-state index in [0.717, 1.165) is 12.7 Å². The summed E-state index contributed by atoms with van der Waals surface area (Å²) in [7, 11) is 0. The Morgan fingerprint density at radius 2 is 2.19 bits per heavy atom. The average Bonchev–Trinajstić information content (AvgIpc) is 2.27. The predicted molar refractivity (Wildman–Crippen MR) is 58.8 cm³/mol. The highest BCUT2D eigenvalue weighted by Gasteiger charge is 2.16. The van der Waals surface area contributed by atoms with Crippen LogP contribution in [0.3, 0.4) is 0 Å². The van der Waals surface area contributed by atoms with Crippen molar-refractivity contribution in [3.63, 3.8) is 0 Å². The zero-order chi connectivity index (χ0) is 12.1. The number of aliphatic hydroxyl groups excluding tert-OH is 1. The summed E-state index contributed by atoms with van der Waals surface area (Å²) in [5, 5.41) is 26.5. The molecule has 0 amide bonds. The van der Waals surface area contributed by atoms with Gasteiger partial charge in [-0.2, -0.15) is 5.26 Å². The molecule has 0 saturated heterocycles. The van der Waals surface area contributed by atoms with Crippen LogP contribution in [0.15, 0.2) is 34.1 Å². The van der Waals surface area contributed by atoms with Crippen LogP contribution in [0, 0.1) is 11.3 Å². The van der Waals surface area contributed by atoms with Crippen molar-refractivity contribution in [2.24, 2.45) is 0 Å². The molecule has 0 aliphatic heterocycles. The topological polar surface area (TPSA) is 81.3 Å². The summed E-state index contributed by atoms with van der Waals surface area (Å²) in [5.41, 5.74) is 0.793. The molecule has 4 nitrogen and oxygen atoms in total. The van der Waals surface area contributed by atoms with Crippen LogP contribution >= 0.6 is 11.6 Å². The van der Waals surface area contributed by atoms with E-state index >= 15 is 0 Å². The molecule has 0 atom stereocenters. The third-order valence-electron chi connectivity index (χ3n) is 2.28. The molecule has 0 aromatic carbocycles. The number of allylic oxidation sites excluding steroid dienone is 4. The third-order valence-corrected chi connectivity index (χ3v) is 2.77. The fourth-order valence-electron chi connectivity index (χ4n) is 1.47. The fraction of sp³-hybridized carbons (Fsp3) is 0.273. The van der Waals surface area contributed by atoms with Gasteiger partial charge in [0.15, 0.2) is 0 Å². The van der Waals surface area contributed by atoms with Crippen LogP contribution in [0.25, 0.3) is 0 Å². The van der Waals surface area contributed by atoms with Gasteiger partial charge in [0, 0.05) is 5.57 Å². The maximum atomic E-state index is 10.6. The highest BCUT2D eigenvalue weighted by molar-refractivity contribution is 6.32. The quantitative estimate of drug-likeness (QED) is 0.441. The van der Waals surface area contributed by atoms with Crippen LogP contribution in [-0.2, 0) is 4.79 Å². The molecule has 0 radical (unpaired) electrons. The Kier molecular flexibility index (Phi) is 4.15. The van der Waals surface area contributed by atoms with Crippen LogP contribution in [0.5, 0.6) is 0 Å². The van der Waals surface area contributed by atoms with E-state index in [9.17, 15) is 4.79 Å². The molecule has 0 heterocycles. The first-order valence-corrected chi connectivity index (χ1v) is 5.05. The highest BCUT2D eigenvalue weighted by Crippen LogP contribution is 2.33. The number of nitrogens with zero attached hydrogens (tertiary/aromatic N) is 1. The predicted octanol–water partition coefficient (Wildman–Crippen LogP) is 2.64. The Balaban J connectivity index is 3.14. The van der Waals surface area contributed by atoms with E-state index in [4.69, 9.17) is 27.1 Å². The average molecular weight is 240 g/mol. The number of aliphatic hydroxyl groups is 1. The van der Waals surface area contributed by atoms with E-state index in [-0.39, 0.29) is 5.57 Å². The minimum absolute atomic E-state index is 0.336. The molecule has 0 aromatic heterocycles. The van der Waals surface area contributed by atoms with Gasteiger partial charge in [-0.3, -0.25) is 0 Å². The van der Waals surface area contributed by atoms with Gasteiger partial charge in [-0.25, -0.2) is 4.79 Å². The molecule has 0 bridgehead atoms. The molecular weight excluding hydrogens is 230 g/mol. The SMILES string of the molecule is N#CC(=CC1=C(Cl)C(=CO)CCC1)C(=O)O. The number of carbonyl (C=O) groups is 1. The van der Waals surface area contributed by atoms with Crippen molar-refractivity contribution in [1.82, 2.24) is 0 Å². The van der Waals surface area contributed by atoms with E-state index in [0.29, 0.717) is 29.0 Å². The molecule has 84 valence electrons. The number of aliphatic carboxylic acids is 1. The van der Waals surface area contributed by atoms with E-state index in [1.807, 2.05) is 0 Å². The summed E-state index contributed by atoms with van der Waals surface area (Å²) in [5.74, 6) is -1.28. The summed E-state index contributed by atoms with van der Waals surface area (Å²) in [6, 6.07) is 1.59. The van der Waals surface area contributed by atoms with Gasteiger partial charge in [-0.15, -0.1) is 0 Å². The number of carboxylic acid groups (broad SMARTS) is 1. The Morgan fingerprint density at radius 3 is 2.69 bits per heavy atom. The summed E-state index contributed by atoms with van der Waals surface area (Å²) >= 11 is 5.96. The first-order chi connectivity index (χ1) is 7.60. The second-order valence-corrected chi connectivity index (χ2v) is 3.70. The fourth-order valence-corrected chi connectivity index (χ4v) is 1.76. The number of hydrogen-bond donors (Lipinski definition) is 2. The molecule has 0 aromatic rings. The zero-order valence-corrected chi connectivity index (χ0v) is 9.16. The largest absolute Gasteiger partial charge is 0.515 e.